The Morgan fingerprint density at radius 2 is 1.87 bits per heavy atom. The minimum atomic E-state index is -1.03. The third kappa shape index (κ3) is 3.90. The number of hydrogen-bond donors (Lipinski definition) is 4. The molecule has 39 heavy (non-hydrogen) atoms. The highest BCUT2D eigenvalue weighted by molar-refractivity contribution is 6.25. The largest absolute Gasteiger partial charge is 0.504 e. The molecule has 0 saturated carbocycles. The summed E-state index contributed by atoms with van der Waals surface area (Å²) in [5, 5.41) is 26.0. The highest BCUT2D eigenvalue weighted by Crippen LogP contribution is 2.53. The number of ketones is 2. The number of ether oxygens (including phenoxy) is 2. The van der Waals surface area contributed by atoms with E-state index < -0.39 is 42.1 Å². The zero-order chi connectivity index (χ0) is 28.5. The van der Waals surface area contributed by atoms with Gasteiger partial charge in [-0.2, -0.15) is 0 Å². The molecule has 11 heteroatoms. The number of carbonyl (C=O) groups is 3. The first-order valence-electron chi connectivity index (χ1n) is 13.1. The minimum absolute atomic E-state index is 0.0320. The molecule has 210 valence electrons. The van der Waals surface area contributed by atoms with Gasteiger partial charge >= 0.3 is 0 Å². The number of phenols is 1. The van der Waals surface area contributed by atoms with Crippen LogP contribution >= 0.6 is 0 Å². The van der Waals surface area contributed by atoms with Gasteiger partial charge in [0, 0.05) is 34.9 Å². The van der Waals surface area contributed by atoms with Gasteiger partial charge < -0.3 is 30.7 Å². The van der Waals surface area contributed by atoms with Gasteiger partial charge in [-0.15, -0.1) is 0 Å². The number of aromatic hydroxyl groups is 1. The van der Waals surface area contributed by atoms with Gasteiger partial charge in [0.25, 0.3) is 0 Å². The molecule has 0 spiro atoms. The van der Waals surface area contributed by atoms with E-state index in [-0.39, 0.29) is 47.4 Å². The van der Waals surface area contributed by atoms with Gasteiger partial charge in [0.2, 0.25) is 11.7 Å². The lowest BCUT2D eigenvalue weighted by Gasteiger charge is -2.60. The maximum atomic E-state index is 13.7. The number of nitrogens with zero attached hydrogens (tertiary/aromatic N) is 2. The van der Waals surface area contributed by atoms with Crippen LogP contribution in [0.1, 0.15) is 43.0 Å². The molecule has 3 heterocycles. The normalized spacial score (nSPS) is 29.5. The van der Waals surface area contributed by atoms with E-state index in [1.807, 2.05) is 29.8 Å². The van der Waals surface area contributed by atoms with E-state index in [4.69, 9.17) is 15.2 Å². The van der Waals surface area contributed by atoms with Crippen LogP contribution in [0.5, 0.6) is 11.5 Å². The number of amides is 1. The van der Waals surface area contributed by atoms with Crippen molar-refractivity contribution >= 4 is 17.5 Å². The highest BCUT2D eigenvalue weighted by Gasteiger charge is 2.57. The molecule has 11 nitrogen and oxygen atoms in total. The van der Waals surface area contributed by atoms with Gasteiger partial charge in [-0.05, 0) is 51.8 Å². The molecule has 3 aliphatic heterocycles. The number of Topliss-reactive ketones (excluding diaryl/α,β-unsaturated/α-hetero) is 2. The van der Waals surface area contributed by atoms with Gasteiger partial charge in [0.1, 0.15) is 6.23 Å². The first-order valence-corrected chi connectivity index (χ1v) is 13.1. The number of carbonyl (C=O) groups excluding carboxylic acids is 3. The Labute approximate surface area is 227 Å². The van der Waals surface area contributed by atoms with Crippen molar-refractivity contribution in [1.29, 1.82) is 0 Å². The zero-order valence-corrected chi connectivity index (χ0v) is 23.1. The molecule has 4 aliphatic rings. The number of likely N-dealkylation sites (N-methyl/N-ethyl adjacent to an activating group) is 1. The zero-order valence-electron chi connectivity index (χ0n) is 23.1. The Morgan fingerprint density at radius 3 is 2.49 bits per heavy atom. The number of aliphatic hydroxyl groups excluding tert-OH is 1. The lowest BCUT2D eigenvalue weighted by atomic mass is 9.71. The molecule has 1 aromatic carbocycles. The smallest absolute Gasteiger partial charge is 0.236 e. The monoisotopic (exact) mass is 540 g/mol. The van der Waals surface area contributed by atoms with E-state index in [1.165, 1.54) is 14.2 Å². The molecule has 0 aromatic heterocycles. The molecule has 0 unspecified atom stereocenters. The number of allylic oxidation sites excluding steroid dienone is 2. The minimum Gasteiger partial charge on any atom is -0.504 e. The number of fused-ring (bicyclic) bond motifs is 6. The number of phenolic OH excluding ortho intramolecular Hbond substituents is 1. The van der Waals surface area contributed by atoms with Crippen molar-refractivity contribution in [1.82, 2.24) is 15.1 Å². The summed E-state index contributed by atoms with van der Waals surface area (Å²) in [5.74, 6) is -0.774. The van der Waals surface area contributed by atoms with Crippen LogP contribution in [0.25, 0.3) is 0 Å². The van der Waals surface area contributed by atoms with Crippen molar-refractivity contribution in [2.24, 2.45) is 5.73 Å². The van der Waals surface area contributed by atoms with Gasteiger partial charge in [-0.25, -0.2) is 0 Å². The van der Waals surface area contributed by atoms with Crippen LogP contribution in [0.15, 0.2) is 28.5 Å². The van der Waals surface area contributed by atoms with Crippen molar-refractivity contribution in [2.75, 3.05) is 27.8 Å². The molecule has 0 radical (unpaired) electrons. The maximum absolute atomic E-state index is 13.7. The van der Waals surface area contributed by atoms with Crippen LogP contribution in [0, 0.1) is 6.92 Å². The molecule has 1 saturated heterocycles. The SMILES string of the molecule is COC1=C(C)C(=O)C2=C(C1=O)[C@@H](CNC(=O)[C@@H](C)N)N1[C@H](C2)[C@H]2c3c(cc(C)c(OC)c3O)C[C@@H]([C@@H]1O)N2C. The number of nitrogens with two attached hydrogens (primary N) is 1. The predicted molar refractivity (Wildman–Crippen MR) is 141 cm³/mol. The Kier molecular flexibility index (Phi) is 6.82. The second-order valence-corrected chi connectivity index (χ2v) is 10.9. The van der Waals surface area contributed by atoms with Gasteiger partial charge in [0.15, 0.2) is 23.0 Å². The third-order valence-electron chi connectivity index (χ3n) is 8.78. The lowest BCUT2D eigenvalue weighted by molar-refractivity contribution is -0.167. The topological polar surface area (TPSA) is 155 Å². The average molecular weight is 541 g/mol. The van der Waals surface area contributed by atoms with E-state index in [2.05, 4.69) is 5.32 Å². The molecule has 1 amide bonds. The predicted octanol–water partition coefficient (Wildman–Crippen LogP) is 0.214. The summed E-state index contributed by atoms with van der Waals surface area (Å²) in [7, 11) is 4.74. The Balaban J connectivity index is 1.69. The summed E-state index contributed by atoms with van der Waals surface area (Å²) < 4.78 is 10.8. The van der Waals surface area contributed by atoms with E-state index in [1.54, 1.807) is 13.8 Å². The molecular weight excluding hydrogens is 504 g/mol. The standard InChI is InChI=1S/C28H36N4O7/c1-11-7-14-8-17-28(37)32-16(21(31(17)4)19(14)23(34)25(11)38-5)9-15-20(18(32)10-30-27(36)13(3)29)24(35)26(39-6)12(2)22(15)33/h7,13,16-18,21,28,34,37H,8-10,29H2,1-6H3,(H,30,36)/t13-,16-,17+,18-,21+,28+/m1/s1. The summed E-state index contributed by atoms with van der Waals surface area (Å²) in [5.41, 5.74) is 8.92. The molecule has 1 fully saturated rings. The molecule has 6 atom stereocenters. The van der Waals surface area contributed by atoms with Crippen LogP contribution in [-0.4, -0.2) is 95.7 Å². The maximum Gasteiger partial charge on any atom is 0.236 e. The summed E-state index contributed by atoms with van der Waals surface area (Å²) in [6.45, 7) is 4.94. The number of rotatable bonds is 5. The number of aryl methyl sites for hydroxylation is 1. The Morgan fingerprint density at radius 1 is 1.18 bits per heavy atom. The highest BCUT2D eigenvalue weighted by atomic mass is 16.5. The molecule has 1 aliphatic carbocycles. The summed E-state index contributed by atoms with van der Waals surface area (Å²) >= 11 is 0. The molecule has 5 rings (SSSR count). The van der Waals surface area contributed by atoms with E-state index in [0.29, 0.717) is 23.3 Å². The van der Waals surface area contributed by atoms with Gasteiger partial charge in [-0.1, -0.05) is 6.07 Å². The van der Waals surface area contributed by atoms with Crippen LogP contribution < -0.4 is 15.8 Å². The molecule has 5 N–H and O–H groups in total. The first kappa shape index (κ1) is 27.3. The summed E-state index contributed by atoms with van der Waals surface area (Å²) in [6.07, 6.45) is -0.411. The number of aliphatic hydroxyl groups is 1. The molecular formula is C28H36N4O7. The average Bonchev–Trinajstić information content (AvgIpc) is 2.88. The van der Waals surface area contributed by atoms with Crippen LogP contribution in [0.2, 0.25) is 0 Å². The van der Waals surface area contributed by atoms with E-state index >= 15 is 0 Å². The fraction of sp³-hybridized carbons (Fsp3) is 0.536. The Bertz CT molecular complexity index is 1330. The second kappa shape index (κ2) is 9.74. The van der Waals surface area contributed by atoms with Gasteiger partial charge in [0.05, 0.1) is 38.4 Å². The number of methoxy groups -OCH3 is 2. The second-order valence-electron chi connectivity index (χ2n) is 10.9. The summed E-state index contributed by atoms with van der Waals surface area (Å²) in [6, 6.07) is -0.912. The van der Waals surface area contributed by atoms with E-state index in [9.17, 15) is 24.6 Å². The van der Waals surface area contributed by atoms with Crippen molar-refractivity contribution in [3.63, 3.8) is 0 Å². The lowest BCUT2D eigenvalue weighted by Crippen LogP contribution is -2.71. The number of hydrogen-bond acceptors (Lipinski definition) is 10. The molecule has 2 bridgehead atoms. The number of benzene rings is 1. The number of nitrogens with one attached hydrogen (secondary N) is 1. The van der Waals surface area contributed by atoms with Gasteiger partial charge in [-0.3, -0.25) is 24.2 Å². The fourth-order valence-corrected chi connectivity index (χ4v) is 6.98. The van der Waals surface area contributed by atoms with Crippen molar-refractivity contribution in [3.8, 4) is 11.5 Å². The fourth-order valence-electron chi connectivity index (χ4n) is 6.98. The third-order valence-corrected chi connectivity index (χ3v) is 8.78. The molecule has 1 aromatic rings. The van der Waals surface area contributed by atoms with Crippen molar-refractivity contribution in [2.45, 2.75) is 70.0 Å². The van der Waals surface area contributed by atoms with Crippen molar-refractivity contribution in [3.05, 3.63) is 45.2 Å². The van der Waals surface area contributed by atoms with Crippen LogP contribution in [0.4, 0.5) is 0 Å². The summed E-state index contributed by atoms with van der Waals surface area (Å²) in [4.78, 5) is 43.7. The van der Waals surface area contributed by atoms with Crippen molar-refractivity contribution < 1.29 is 34.1 Å². The van der Waals surface area contributed by atoms with E-state index in [0.717, 1.165) is 11.1 Å². The first-order chi connectivity index (χ1) is 18.4. The number of piperazine rings is 1. The quantitative estimate of drug-likeness (QED) is 0.381. The van der Waals surface area contributed by atoms with Crippen LogP contribution in [-0.2, 0) is 25.5 Å². The Hall–Kier alpha value is -3.25. The van der Waals surface area contributed by atoms with Crippen LogP contribution in [0.3, 0.4) is 0 Å².